The number of rotatable bonds is 5. The van der Waals surface area contributed by atoms with Gasteiger partial charge in [0.2, 0.25) is 0 Å². The lowest BCUT2D eigenvalue weighted by atomic mass is 9.96. The maximum atomic E-state index is 15.0. The highest BCUT2D eigenvalue weighted by Gasteiger charge is 2.20. The molecule has 0 aromatic heterocycles. The molecule has 0 aliphatic carbocycles. The van der Waals surface area contributed by atoms with Crippen LogP contribution in [-0.2, 0) is 19.3 Å². The smallest absolute Gasteiger partial charge is 0.194 e. The van der Waals surface area contributed by atoms with E-state index in [1.165, 1.54) is 0 Å². The maximum Gasteiger partial charge on any atom is 0.194 e. The molecule has 3 aromatic carbocycles. The molecule has 0 fully saturated rings. The second-order valence-electron chi connectivity index (χ2n) is 6.47. The third-order valence-corrected chi connectivity index (χ3v) is 4.65. The molecule has 0 amide bonds. The summed E-state index contributed by atoms with van der Waals surface area (Å²) in [6.07, 6.45) is 0.456. The van der Waals surface area contributed by atoms with E-state index in [-0.39, 0.29) is 29.5 Å². The topological polar surface area (TPSA) is 20.2 Å². The van der Waals surface area contributed by atoms with Crippen molar-refractivity contribution in [3.05, 3.63) is 88.2 Å². The lowest BCUT2D eigenvalue weighted by Gasteiger charge is -2.13. The van der Waals surface area contributed by atoms with Gasteiger partial charge in [-0.1, -0.05) is 31.2 Å². The second kappa shape index (κ2) is 8.00. The van der Waals surface area contributed by atoms with Gasteiger partial charge in [0.05, 0.1) is 5.56 Å². The van der Waals surface area contributed by atoms with Gasteiger partial charge < -0.3 is 5.11 Å². The fourth-order valence-electron chi connectivity index (χ4n) is 3.08. The lowest BCUT2D eigenvalue weighted by Crippen LogP contribution is -2.03. The molecule has 0 atom stereocenters. The molecule has 0 aliphatic heterocycles. The molecule has 0 heterocycles. The van der Waals surface area contributed by atoms with Gasteiger partial charge in [-0.3, -0.25) is 0 Å². The summed E-state index contributed by atoms with van der Waals surface area (Å²) in [6.45, 7) is 1.96. The van der Waals surface area contributed by atoms with Gasteiger partial charge in [-0.15, -0.1) is 0 Å². The SMILES string of the molecule is CCc1ccc(-c2c(O)cc(F)c(CCc3cc(F)c(F)c(F)c3)c2F)cc1. The largest absolute Gasteiger partial charge is 0.507 e. The number of benzene rings is 3. The number of halogens is 5. The monoisotopic (exact) mass is 392 g/mol. The molecule has 0 saturated heterocycles. The molecule has 1 N–H and O–H groups in total. The predicted molar refractivity (Wildman–Crippen MR) is 96.6 cm³/mol. The summed E-state index contributed by atoms with van der Waals surface area (Å²) in [4.78, 5) is 0. The zero-order valence-corrected chi connectivity index (χ0v) is 15.0. The molecule has 1 nitrogen and oxygen atoms in total. The van der Waals surface area contributed by atoms with Crippen LogP contribution >= 0.6 is 0 Å². The van der Waals surface area contributed by atoms with Crippen molar-refractivity contribution < 1.29 is 27.1 Å². The summed E-state index contributed by atoms with van der Waals surface area (Å²) in [5.74, 6) is -6.76. The van der Waals surface area contributed by atoms with E-state index in [0.29, 0.717) is 5.56 Å². The van der Waals surface area contributed by atoms with Crippen LogP contribution in [0.5, 0.6) is 5.75 Å². The third kappa shape index (κ3) is 3.86. The predicted octanol–water partition coefficient (Wildman–Crippen LogP) is 6.10. The van der Waals surface area contributed by atoms with Crippen molar-refractivity contribution in [2.45, 2.75) is 26.2 Å². The number of aryl methyl sites for hydroxylation is 2. The van der Waals surface area contributed by atoms with Crippen LogP contribution in [0, 0.1) is 29.1 Å². The van der Waals surface area contributed by atoms with Gasteiger partial charge in [-0.05, 0) is 48.1 Å². The Morgan fingerprint density at radius 1 is 0.714 bits per heavy atom. The van der Waals surface area contributed by atoms with Gasteiger partial charge in [0.25, 0.3) is 0 Å². The van der Waals surface area contributed by atoms with Gasteiger partial charge in [0.1, 0.15) is 17.4 Å². The Morgan fingerprint density at radius 2 is 1.32 bits per heavy atom. The summed E-state index contributed by atoms with van der Waals surface area (Å²) >= 11 is 0. The molecule has 0 saturated carbocycles. The minimum Gasteiger partial charge on any atom is -0.507 e. The number of hydrogen-bond donors (Lipinski definition) is 1. The van der Waals surface area contributed by atoms with E-state index in [1.807, 2.05) is 6.92 Å². The fraction of sp³-hybridized carbons (Fsp3) is 0.182. The van der Waals surface area contributed by atoms with E-state index in [0.717, 1.165) is 30.2 Å². The normalized spacial score (nSPS) is 11.1. The molecular weight excluding hydrogens is 375 g/mol. The van der Waals surface area contributed by atoms with Crippen molar-refractivity contribution in [3.8, 4) is 16.9 Å². The van der Waals surface area contributed by atoms with Crippen molar-refractivity contribution in [1.82, 2.24) is 0 Å². The Kier molecular flexibility index (Phi) is 5.68. The molecule has 28 heavy (non-hydrogen) atoms. The van der Waals surface area contributed by atoms with Crippen molar-refractivity contribution in [2.75, 3.05) is 0 Å². The third-order valence-electron chi connectivity index (χ3n) is 4.65. The molecule has 146 valence electrons. The highest BCUT2D eigenvalue weighted by molar-refractivity contribution is 5.72. The molecule has 0 aliphatic rings. The Bertz CT molecular complexity index is 989. The number of hydrogen-bond acceptors (Lipinski definition) is 1. The quantitative estimate of drug-likeness (QED) is 0.411. The summed E-state index contributed by atoms with van der Waals surface area (Å²) < 4.78 is 68.9. The van der Waals surface area contributed by atoms with Crippen molar-refractivity contribution >= 4 is 0 Å². The number of aromatic hydroxyl groups is 1. The summed E-state index contributed by atoms with van der Waals surface area (Å²) in [5.41, 5.74) is 1.00. The van der Waals surface area contributed by atoms with Gasteiger partial charge >= 0.3 is 0 Å². The van der Waals surface area contributed by atoms with Crippen molar-refractivity contribution in [1.29, 1.82) is 0 Å². The van der Waals surface area contributed by atoms with Gasteiger partial charge in [0.15, 0.2) is 17.5 Å². The van der Waals surface area contributed by atoms with E-state index in [9.17, 15) is 27.1 Å². The first-order valence-electron chi connectivity index (χ1n) is 8.74. The highest BCUT2D eigenvalue weighted by atomic mass is 19.2. The van der Waals surface area contributed by atoms with Gasteiger partial charge in [0, 0.05) is 11.6 Å². The van der Waals surface area contributed by atoms with Crippen molar-refractivity contribution in [3.63, 3.8) is 0 Å². The summed E-state index contributed by atoms with van der Waals surface area (Å²) in [7, 11) is 0. The number of phenols is 1. The molecule has 0 radical (unpaired) electrons. The van der Waals surface area contributed by atoms with Crippen LogP contribution in [0.25, 0.3) is 11.1 Å². The average molecular weight is 392 g/mol. The molecule has 3 aromatic rings. The first-order chi connectivity index (χ1) is 13.3. The molecule has 0 spiro atoms. The van der Waals surface area contributed by atoms with Crippen LogP contribution in [0.1, 0.15) is 23.6 Å². The second-order valence-corrected chi connectivity index (χ2v) is 6.47. The zero-order chi connectivity index (χ0) is 20.4. The molecular formula is C22H17F5O. The Morgan fingerprint density at radius 3 is 1.89 bits per heavy atom. The first kappa shape index (κ1) is 19.9. The van der Waals surface area contributed by atoms with Crippen LogP contribution in [-0.4, -0.2) is 5.11 Å². The van der Waals surface area contributed by atoms with Crippen molar-refractivity contribution in [2.24, 2.45) is 0 Å². The Hall–Kier alpha value is -2.89. The van der Waals surface area contributed by atoms with E-state index in [4.69, 9.17) is 0 Å². The van der Waals surface area contributed by atoms with Crippen LogP contribution in [0.4, 0.5) is 22.0 Å². The molecule has 6 heteroatoms. The highest BCUT2D eigenvalue weighted by Crippen LogP contribution is 2.36. The number of phenolic OH excluding ortho intramolecular Hbond substituents is 1. The van der Waals surface area contributed by atoms with E-state index in [1.54, 1.807) is 24.3 Å². The average Bonchev–Trinajstić information content (AvgIpc) is 2.66. The van der Waals surface area contributed by atoms with Crippen LogP contribution in [0.3, 0.4) is 0 Å². The zero-order valence-electron chi connectivity index (χ0n) is 15.0. The molecule has 0 bridgehead atoms. The fourth-order valence-corrected chi connectivity index (χ4v) is 3.08. The lowest BCUT2D eigenvalue weighted by molar-refractivity contribution is 0.445. The maximum absolute atomic E-state index is 15.0. The first-order valence-corrected chi connectivity index (χ1v) is 8.74. The molecule has 3 rings (SSSR count). The Balaban J connectivity index is 1.95. The van der Waals surface area contributed by atoms with Crippen LogP contribution < -0.4 is 0 Å². The minimum absolute atomic E-state index is 0.0668. The van der Waals surface area contributed by atoms with E-state index < -0.39 is 34.8 Å². The van der Waals surface area contributed by atoms with E-state index in [2.05, 4.69) is 0 Å². The summed E-state index contributed by atoms with van der Waals surface area (Å²) in [5, 5.41) is 10.0. The van der Waals surface area contributed by atoms with Crippen LogP contribution in [0.2, 0.25) is 0 Å². The summed E-state index contributed by atoms with van der Waals surface area (Å²) in [6, 6.07) is 9.21. The van der Waals surface area contributed by atoms with E-state index >= 15 is 0 Å². The van der Waals surface area contributed by atoms with Crippen LogP contribution in [0.15, 0.2) is 42.5 Å². The van der Waals surface area contributed by atoms with Gasteiger partial charge in [-0.2, -0.15) is 0 Å². The standard InChI is InChI=1S/C22H17F5O/c1-2-12-3-6-14(7-4-12)20-19(28)11-16(23)15(21(20)26)8-5-13-9-17(24)22(27)18(25)10-13/h3-4,6-7,9-11,28H,2,5,8H2,1H3. The Labute approximate surface area is 159 Å². The molecule has 0 unspecified atom stereocenters. The van der Waals surface area contributed by atoms with Gasteiger partial charge in [-0.25, -0.2) is 22.0 Å². The minimum atomic E-state index is -1.59.